The molecule has 2 N–H and O–H groups in total. The normalized spacial score (nSPS) is 19.8. The first-order chi connectivity index (χ1) is 11.5. The Balaban J connectivity index is 2.27. The van der Waals surface area contributed by atoms with E-state index in [2.05, 4.69) is 5.32 Å². The predicted molar refractivity (Wildman–Crippen MR) is 80.4 cm³/mol. The van der Waals surface area contributed by atoms with Gasteiger partial charge in [-0.2, -0.15) is 0 Å². The highest BCUT2D eigenvalue weighted by Crippen LogP contribution is 2.42. The predicted octanol–water partition coefficient (Wildman–Crippen LogP) is 1.42. The molecule has 124 valence electrons. The molecule has 0 aromatic heterocycles. The Morgan fingerprint density at radius 3 is 2.92 bits per heavy atom. The van der Waals surface area contributed by atoms with Gasteiger partial charge in [-0.1, -0.05) is 12.1 Å². The van der Waals surface area contributed by atoms with Crippen LogP contribution in [-0.4, -0.2) is 29.9 Å². The lowest BCUT2D eigenvalue weighted by Crippen LogP contribution is -2.30. The number of cyclic esters (lactones) is 1. The zero-order valence-corrected chi connectivity index (χ0v) is 12.8. The number of carbonyl (C=O) groups is 3. The van der Waals surface area contributed by atoms with Crippen LogP contribution in [-0.2, 0) is 25.5 Å². The van der Waals surface area contributed by atoms with Crippen molar-refractivity contribution >= 4 is 18.2 Å². The molecule has 2 aliphatic heterocycles. The van der Waals surface area contributed by atoms with Crippen molar-refractivity contribution in [2.75, 3.05) is 6.61 Å². The number of carboxylic acid groups (broad SMARTS) is 1. The highest BCUT2D eigenvalue weighted by molar-refractivity contribution is 6.00. The summed E-state index contributed by atoms with van der Waals surface area (Å²) in [5.41, 5.74) is 1.27. The SMILES string of the molecule is CC1=C(C(=O)O)[C@H](c2cccc(F)c2CC=O)C2=C(COC2=O)N1. The third kappa shape index (κ3) is 2.38. The molecule has 24 heavy (non-hydrogen) atoms. The van der Waals surface area contributed by atoms with Crippen molar-refractivity contribution in [2.24, 2.45) is 0 Å². The molecule has 1 aromatic carbocycles. The molecule has 0 amide bonds. The summed E-state index contributed by atoms with van der Waals surface area (Å²) in [6, 6.07) is 4.16. The number of benzene rings is 1. The van der Waals surface area contributed by atoms with Gasteiger partial charge in [0.25, 0.3) is 0 Å². The summed E-state index contributed by atoms with van der Waals surface area (Å²) in [7, 11) is 0. The Labute approximate surface area is 136 Å². The van der Waals surface area contributed by atoms with Gasteiger partial charge in [0.05, 0.1) is 22.8 Å². The summed E-state index contributed by atoms with van der Waals surface area (Å²) in [5, 5.41) is 12.5. The fraction of sp³-hybridized carbons (Fsp3) is 0.235. The molecule has 0 spiro atoms. The number of aliphatic carboxylic acids is 1. The smallest absolute Gasteiger partial charge is 0.337 e. The van der Waals surface area contributed by atoms with Crippen LogP contribution in [0.25, 0.3) is 0 Å². The lowest BCUT2D eigenvalue weighted by molar-refractivity contribution is -0.136. The van der Waals surface area contributed by atoms with Crippen LogP contribution in [0.15, 0.2) is 40.7 Å². The standard InChI is InChI=1S/C17H14FNO5/c1-8-13(16(21)22)14(15-12(19-8)7-24-17(15)23)10-3-2-4-11(18)9(10)5-6-20/h2-4,6,14,19H,5,7H2,1H3,(H,21,22)/t14-/m0/s1. The number of rotatable bonds is 4. The average Bonchev–Trinajstić information content (AvgIpc) is 2.89. The molecule has 1 aromatic rings. The van der Waals surface area contributed by atoms with Crippen molar-refractivity contribution in [3.63, 3.8) is 0 Å². The highest BCUT2D eigenvalue weighted by Gasteiger charge is 2.42. The van der Waals surface area contributed by atoms with E-state index in [9.17, 15) is 23.9 Å². The third-order valence-corrected chi connectivity index (χ3v) is 4.20. The van der Waals surface area contributed by atoms with Crippen molar-refractivity contribution in [3.05, 3.63) is 57.7 Å². The molecule has 2 heterocycles. The molecule has 0 bridgehead atoms. The van der Waals surface area contributed by atoms with Crippen LogP contribution in [0.2, 0.25) is 0 Å². The molecule has 7 heteroatoms. The van der Waals surface area contributed by atoms with Gasteiger partial charge in [0.2, 0.25) is 0 Å². The molecule has 6 nitrogen and oxygen atoms in total. The van der Waals surface area contributed by atoms with Crippen LogP contribution in [0.4, 0.5) is 4.39 Å². The van der Waals surface area contributed by atoms with E-state index >= 15 is 0 Å². The molecular weight excluding hydrogens is 317 g/mol. The Bertz CT molecular complexity index is 822. The molecule has 0 unspecified atom stereocenters. The second-order valence-corrected chi connectivity index (χ2v) is 5.55. The molecule has 0 aliphatic carbocycles. The fourth-order valence-corrected chi connectivity index (χ4v) is 3.21. The molecule has 0 fully saturated rings. The molecule has 0 radical (unpaired) electrons. The largest absolute Gasteiger partial charge is 0.478 e. The van der Waals surface area contributed by atoms with E-state index in [0.717, 1.165) is 0 Å². The lowest BCUT2D eigenvalue weighted by atomic mass is 9.78. The summed E-state index contributed by atoms with van der Waals surface area (Å²) in [6.45, 7) is 1.58. The number of halogens is 1. The van der Waals surface area contributed by atoms with E-state index in [1.165, 1.54) is 18.2 Å². The van der Waals surface area contributed by atoms with Gasteiger partial charge in [-0.05, 0) is 24.1 Å². The van der Waals surface area contributed by atoms with Crippen molar-refractivity contribution in [1.29, 1.82) is 0 Å². The first-order valence-electron chi connectivity index (χ1n) is 7.27. The van der Waals surface area contributed by atoms with Crippen LogP contribution in [0.5, 0.6) is 0 Å². The molecule has 2 aliphatic rings. The van der Waals surface area contributed by atoms with Gasteiger partial charge >= 0.3 is 11.9 Å². The number of hydrogen-bond donors (Lipinski definition) is 2. The quantitative estimate of drug-likeness (QED) is 0.640. The van der Waals surface area contributed by atoms with Crippen molar-refractivity contribution < 1.29 is 28.6 Å². The number of hydrogen-bond acceptors (Lipinski definition) is 5. The van der Waals surface area contributed by atoms with Crippen LogP contribution in [0, 0.1) is 5.82 Å². The highest BCUT2D eigenvalue weighted by atomic mass is 19.1. The number of dihydropyridines is 1. The Morgan fingerprint density at radius 1 is 1.50 bits per heavy atom. The molecule has 0 saturated heterocycles. The summed E-state index contributed by atoms with van der Waals surface area (Å²) in [4.78, 5) is 34.8. The van der Waals surface area contributed by atoms with Gasteiger partial charge in [-0.15, -0.1) is 0 Å². The summed E-state index contributed by atoms with van der Waals surface area (Å²) in [6.07, 6.45) is 0.331. The minimum absolute atomic E-state index is 0.00718. The van der Waals surface area contributed by atoms with Crippen LogP contribution in [0.1, 0.15) is 24.0 Å². The van der Waals surface area contributed by atoms with E-state index in [4.69, 9.17) is 4.74 Å². The first-order valence-corrected chi connectivity index (χ1v) is 7.27. The second kappa shape index (κ2) is 5.92. The third-order valence-electron chi connectivity index (χ3n) is 4.20. The number of aldehydes is 1. The van der Waals surface area contributed by atoms with Gasteiger partial charge in [0.15, 0.2) is 0 Å². The van der Waals surface area contributed by atoms with Gasteiger partial charge in [-0.25, -0.2) is 14.0 Å². The minimum Gasteiger partial charge on any atom is -0.478 e. The van der Waals surface area contributed by atoms with Crippen LogP contribution in [0.3, 0.4) is 0 Å². The van der Waals surface area contributed by atoms with E-state index in [0.29, 0.717) is 17.7 Å². The summed E-state index contributed by atoms with van der Waals surface area (Å²) in [5.74, 6) is -3.47. The Hall–Kier alpha value is -2.96. The number of carbonyl (C=O) groups excluding carboxylic acids is 2. The number of carboxylic acids is 1. The van der Waals surface area contributed by atoms with Gasteiger partial charge in [0.1, 0.15) is 18.7 Å². The van der Waals surface area contributed by atoms with E-state index in [-0.39, 0.29) is 35.3 Å². The first kappa shape index (κ1) is 15.9. The maximum Gasteiger partial charge on any atom is 0.337 e. The van der Waals surface area contributed by atoms with E-state index in [1.807, 2.05) is 0 Å². The molecule has 1 atom stereocenters. The number of esters is 1. The van der Waals surface area contributed by atoms with Gasteiger partial charge in [-0.3, -0.25) is 0 Å². The monoisotopic (exact) mass is 331 g/mol. The zero-order chi connectivity index (χ0) is 17.4. The van der Waals surface area contributed by atoms with E-state index in [1.54, 1.807) is 6.92 Å². The number of nitrogens with one attached hydrogen (secondary N) is 1. The average molecular weight is 331 g/mol. The zero-order valence-electron chi connectivity index (χ0n) is 12.8. The fourth-order valence-electron chi connectivity index (χ4n) is 3.21. The number of allylic oxidation sites excluding steroid dienone is 1. The Kier molecular flexibility index (Phi) is 3.92. The van der Waals surface area contributed by atoms with Crippen molar-refractivity contribution in [3.8, 4) is 0 Å². The number of ether oxygens (including phenoxy) is 1. The van der Waals surface area contributed by atoms with Crippen LogP contribution < -0.4 is 5.32 Å². The minimum atomic E-state index is -1.22. The molecule has 3 rings (SSSR count). The van der Waals surface area contributed by atoms with Crippen molar-refractivity contribution in [1.82, 2.24) is 5.32 Å². The lowest BCUT2D eigenvalue weighted by Gasteiger charge is -2.27. The molecule has 0 saturated carbocycles. The van der Waals surface area contributed by atoms with Gasteiger partial charge < -0.3 is 20.0 Å². The topological polar surface area (TPSA) is 92.7 Å². The van der Waals surface area contributed by atoms with E-state index < -0.39 is 23.7 Å². The second-order valence-electron chi connectivity index (χ2n) is 5.55. The summed E-state index contributed by atoms with van der Waals surface area (Å²) >= 11 is 0. The Morgan fingerprint density at radius 2 is 2.25 bits per heavy atom. The van der Waals surface area contributed by atoms with Gasteiger partial charge in [0, 0.05) is 12.1 Å². The maximum atomic E-state index is 14.2. The van der Waals surface area contributed by atoms with Crippen LogP contribution >= 0.6 is 0 Å². The summed E-state index contributed by atoms with van der Waals surface area (Å²) < 4.78 is 19.2. The van der Waals surface area contributed by atoms with Crippen molar-refractivity contribution in [2.45, 2.75) is 19.3 Å². The molecular formula is C17H14FNO5. The maximum absolute atomic E-state index is 14.2.